The van der Waals surface area contributed by atoms with Crippen LogP contribution >= 0.6 is 0 Å². The minimum absolute atomic E-state index is 0.0239. The molecule has 7 heteroatoms. The molecule has 20 heavy (non-hydrogen) atoms. The van der Waals surface area contributed by atoms with Gasteiger partial charge in [-0.25, -0.2) is 0 Å². The van der Waals surface area contributed by atoms with E-state index in [-0.39, 0.29) is 5.91 Å². The predicted molar refractivity (Wildman–Crippen MR) is 77.3 cm³/mol. The first-order valence-corrected chi connectivity index (χ1v) is 8.81. The maximum absolute atomic E-state index is 12.7. The zero-order valence-electron chi connectivity index (χ0n) is 12.4. The monoisotopic (exact) mass is 303 g/mol. The van der Waals surface area contributed by atoms with Crippen LogP contribution < -0.4 is 0 Å². The lowest BCUT2D eigenvalue weighted by Gasteiger charge is -2.34. The van der Waals surface area contributed by atoms with Crippen molar-refractivity contribution in [2.75, 3.05) is 39.3 Å². The van der Waals surface area contributed by atoms with Gasteiger partial charge in [0.15, 0.2) is 0 Å². The van der Waals surface area contributed by atoms with Gasteiger partial charge in [0.05, 0.1) is 0 Å². The van der Waals surface area contributed by atoms with Gasteiger partial charge in [0.1, 0.15) is 0 Å². The van der Waals surface area contributed by atoms with Crippen molar-refractivity contribution < 1.29 is 13.2 Å². The fourth-order valence-electron chi connectivity index (χ4n) is 2.96. The van der Waals surface area contributed by atoms with Crippen LogP contribution in [0.4, 0.5) is 0 Å². The van der Waals surface area contributed by atoms with Gasteiger partial charge in [0.25, 0.3) is 10.2 Å². The van der Waals surface area contributed by atoms with Crippen LogP contribution in [0, 0.1) is 5.92 Å². The van der Waals surface area contributed by atoms with Crippen LogP contribution in [0.15, 0.2) is 0 Å². The van der Waals surface area contributed by atoms with E-state index in [9.17, 15) is 13.2 Å². The van der Waals surface area contributed by atoms with Gasteiger partial charge in [0.2, 0.25) is 5.91 Å². The van der Waals surface area contributed by atoms with Gasteiger partial charge in [-0.05, 0) is 25.2 Å². The van der Waals surface area contributed by atoms with Crippen molar-refractivity contribution in [1.29, 1.82) is 0 Å². The van der Waals surface area contributed by atoms with Crippen molar-refractivity contribution in [3.05, 3.63) is 0 Å². The normalized spacial score (nSPS) is 27.3. The topological polar surface area (TPSA) is 60.9 Å². The highest BCUT2D eigenvalue weighted by Crippen LogP contribution is 2.21. The molecule has 2 fully saturated rings. The lowest BCUT2D eigenvalue weighted by Crippen LogP contribution is -2.48. The minimum Gasteiger partial charge on any atom is -0.342 e. The fourth-order valence-corrected chi connectivity index (χ4v) is 4.76. The van der Waals surface area contributed by atoms with Crippen molar-refractivity contribution in [2.45, 2.75) is 33.1 Å². The van der Waals surface area contributed by atoms with E-state index in [4.69, 9.17) is 0 Å². The Hall–Kier alpha value is -0.660. The summed E-state index contributed by atoms with van der Waals surface area (Å²) >= 11 is 0. The van der Waals surface area contributed by atoms with Crippen LogP contribution in [0.3, 0.4) is 0 Å². The summed E-state index contributed by atoms with van der Waals surface area (Å²) < 4.78 is 28.5. The molecule has 2 heterocycles. The number of carbonyl (C=O) groups is 1. The smallest absolute Gasteiger partial charge is 0.282 e. The standard InChI is InChI=1S/C13H25N3O3S/c1-12-5-3-7-16(11-12)20(18,19)15-8-4-6-14(9-10-15)13(2)17/h12H,3-11H2,1-2H3. The summed E-state index contributed by atoms with van der Waals surface area (Å²) in [6.07, 6.45) is 2.75. The van der Waals surface area contributed by atoms with E-state index in [1.165, 1.54) is 6.92 Å². The molecular formula is C13H25N3O3S. The highest BCUT2D eigenvalue weighted by molar-refractivity contribution is 7.86. The van der Waals surface area contributed by atoms with Crippen molar-refractivity contribution in [3.8, 4) is 0 Å². The predicted octanol–water partition coefficient (Wildman–Crippen LogP) is 0.517. The molecule has 0 bridgehead atoms. The van der Waals surface area contributed by atoms with Gasteiger partial charge in [-0.3, -0.25) is 4.79 Å². The van der Waals surface area contributed by atoms with Gasteiger partial charge in [-0.1, -0.05) is 6.92 Å². The summed E-state index contributed by atoms with van der Waals surface area (Å²) in [7, 11) is -3.36. The van der Waals surface area contributed by atoms with Crippen LogP contribution in [0.5, 0.6) is 0 Å². The van der Waals surface area contributed by atoms with Crippen LogP contribution in [0.2, 0.25) is 0 Å². The molecule has 2 aliphatic heterocycles. The molecular weight excluding hydrogens is 278 g/mol. The molecule has 0 aromatic rings. The summed E-state index contributed by atoms with van der Waals surface area (Å²) in [5.41, 5.74) is 0. The summed E-state index contributed by atoms with van der Waals surface area (Å²) in [6, 6.07) is 0. The van der Waals surface area contributed by atoms with E-state index in [2.05, 4.69) is 6.92 Å². The highest BCUT2D eigenvalue weighted by atomic mass is 32.2. The summed E-state index contributed by atoms with van der Waals surface area (Å²) in [5.74, 6) is 0.454. The molecule has 0 aromatic heterocycles. The minimum atomic E-state index is -3.36. The van der Waals surface area contributed by atoms with Crippen molar-refractivity contribution in [3.63, 3.8) is 0 Å². The van der Waals surface area contributed by atoms with E-state index in [0.717, 1.165) is 12.8 Å². The zero-order valence-corrected chi connectivity index (χ0v) is 13.2. The second kappa shape index (κ2) is 6.41. The molecule has 116 valence electrons. The Balaban J connectivity index is 2.04. The fraction of sp³-hybridized carbons (Fsp3) is 0.923. The van der Waals surface area contributed by atoms with Gasteiger partial charge in [0, 0.05) is 46.2 Å². The second-order valence-corrected chi connectivity index (χ2v) is 7.80. The van der Waals surface area contributed by atoms with Crippen LogP contribution in [-0.2, 0) is 15.0 Å². The van der Waals surface area contributed by atoms with Gasteiger partial charge >= 0.3 is 0 Å². The highest BCUT2D eigenvalue weighted by Gasteiger charge is 2.33. The summed E-state index contributed by atoms with van der Waals surface area (Å²) in [4.78, 5) is 13.1. The number of carbonyl (C=O) groups excluding carboxylic acids is 1. The zero-order chi connectivity index (χ0) is 14.8. The Labute approximate surface area is 121 Å². The molecule has 6 nitrogen and oxygen atoms in total. The van der Waals surface area contributed by atoms with Crippen LogP contribution in [0.25, 0.3) is 0 Å². The van der Waals surface area contributed by atoms with E-state index < -0.39 is 10.2 Å². The van der Waals surface area contributed by atoms with E-state index in [0.29, 0.717) is 51.6 Å². The molecule has 0 N–H and O–H groups in total. The average molecular weight is 303 g/mol. The third kappa shape index (κ3) is 3.51. The molecule has 2 aliphatic rings. The number of amides is 1. The SMILES string of the molecule is CC(=O)N1CCCN(S(=O)(=O)N2CCCC(C)C2)CC1. The molecule has 2 rings (SSSR count). The molecule has 1 atom stereocenters. The van der Waals surface area contributed by atoms with Gasteiger partial charge in [-0.2, -0.15) is 17.0 Å². The van der Waals surface area contributed by atoms with Crippen LogP contribution in [0.1, 0.15) is 33.1 Å². The molecule has 1 amide bonds. The molecule has 0 radical (unpaired) electrons. The summed E-state index contributed by atoms with van der Waals surface area (Å²) in [6.45, 7) is 6.95. The van der Waals surface area contributed by atoms with E-state index in [1.54, 1.807) is 13.5 Å². The molecule has 2 saturated heterocycles. The van der Waals surface area contributed by atoms with Crippen LogP contribution in [-0.4, -0.2) is 67.1 Å². The second-order valence-electron chi connectivity index (χ2n) is 5.87. The number of nitrogens with zero attached hydrogens (tertiary/aromatic N) is 3. The number of piperidine rings is 1. The Morgan fingerprint density at radius 1 is 1.00 bits per heavy atom. The average Bonchev–Trinajstić information content (AvgIpc) is 2.64. The lowest BCUT2D eigenvalue weighted by atomic mass is 10.0. The summed E-state index contributed by atoms with van der Waals surface area (Å²) in [5, 5.41) is 0. The first-order chi connectivity index (χ1) is 9.41. The number of rotatable bonds is 2. The third-order valence-electron chi connectivity index (χ3n) is 4.17. The number of hydrogen-bond acceptors (Lipinski definition) is 3. The maximum Gasteiger partial charge on any atom is 0.282 e. The van der Waals surface area contributed by atoms with Crippen molar-refractivity contribution in [2.24, 2.45) is 5.92 Å². The quantitative estimate of drug-likeness (QED) is 0.747. The van der Waals surface area contributed by atoms with Gasteiger partial charge < -0.3 is 4.90 Å². The maximum atomic E-state index is 12.7. The van der Waals surface area contributed by atoms with Crippen molar-refractivity contribution >= 4 is 16.1 Å². The Morgan fingerprint density at radius 2 is 1.70 bits per heavy atom. The molecule has 0 aromatic carbocycles. The van der Waals surface area contributed by atoms with Gasteiger partial charge in [-0.15, -0.1) is 0 Å². The Morgan fingerprint density at radius 3 is 2.35 bits per heavy atom. The first kappa shape index (κ1) is 15.7. The molecule has 0 aliphatic carbocycles. The first-order valence-electron chi connectivity index (χ1n) is 7.42. The third-order valence-corrected chi connectivity index (χ3v) is 6.17. The Kier molecular flexibility index (Phi) is 5.04. The largest absolute Gasteiger partial charge is 0.342 e. The lowest BCUT2D eigenvalue weighted by molar-refractivity contribution is -0.128. The van der Waals surface area contributed by atoms with E-state index >= 15 is 0 Å². The number of hydrogen-bond donors (Lipinski definition) is 0. The molecule has 0 saturated carbocycles. The molecule has 1 unspecified atom stereocenters. The van der Waals surface area contributed by atoms with Crippen molar-refractivity contribution in [1.82, 2.24) is 13.5 Å². The molecule has 0 spiro atoms. The van der Waals surface area contributed by atoms with E-state index in [1.807, 2.05) is 0 Å². The Bertz CT molecular complexity index is 452.